The number of pyridine rings is 1. The van der Waals surface area contributed by atoms with Crippen LogP contribution in [0.2, 0.25) is 19.6 Å². The second-order valence-corrected chi connectivity index (χ2v) is 14.3. The Morgan fingerprint density at radius 2 is 1.64 bits per heavy atom. The molecule has 2 heteroatoms. The lowest BCUT2D eigenvalue weighted by atomic mass is 9.95. The summed E-state index contributed by atoms with van der Waals surface area (Å²) in [5, 5.41) is 1.61. The molecule has 0 saturated carbocycles. The fourth-order valence-corrected chi connectivity index (χ4v) is 5.31. The van der Waals surface area contributed by atoms with Crippen molar-refractivity contribution >= 4 is 13.3 Å². The molecule has 136 valence electrons. The topological polar surface area (TPSA) is 3.88 Å². The Bertz CT molecular complexity index is 751. The summed E-state index contributed by atoms with van der Waals surface area (Å²) in [6.07, 6.45) is 3.55. The standard InChI is InChI=1S/C23H36NSi/c1-16(2)12-20-15-24(6)22(14-23(20)25(7,8)9)21-11-10-19(17(3)4)13-18(21)5/h10-11,13-17H,12H2,1-9H3/q+1. The monoisotopic (exact) mass is 354 g/mol. The summed E-state index contributed by atoms with van der Waals surface area (Å²) >= 11 is 0. The van der Waals surface area contributed by atoms with E-state index in [2.05, 4.69) is 96.3 Å². The Labute approximate surface area is 156 Å². The van der Waals surface area contributed by atoms with E-state index in [-0.39, 0.29) is 0 Å². The van der Waals surface area contributed by atoms with Crippen LogP contribution in [0.5, 0.6) is 0 Å². The van der Waals surface area contributed by atoms with Gasteiger partial charge in [0, 0.05) is 17.2 Å². The summed E-state index contributed by atoms with van der Waals surface area (Å²) in [5.41, 5.74) is 7.04. The van der Waals surface area contributed by atoms with Gasteiger partial charge in [0.15, 0.2) is 6.20 Å². The molecule has 2 rings (SSSR count). The first-order valence-electron chi connectivity index (χ1n) is 9.64. The van der Waals surface area contributed by atoms with Crippen LogP contribution in [0.1, 0.15) is 50.3 Å². The minimum absolute atomic E-state index is 0.576. The first-order valence-corrected chi connectivity index (χ1v) is 13.1. The molecule has 25 heavy (non-hydrogen) atoms. The van der Waals surface area contributed by atoms with Crippen LogP contribution in [-0.4, -0.2) is 8.07 Å². The van der Waals surface area contributed by atoms with Crippen molar-refractivity contribution in [3.8, 4) is 11.3 Å². The summed E-state index contributed by atoms with van der Waals surface area (Å²) in [5.74, 6) is 1.26. The Kier molecular flexibility index (Phi) is 5.93. The highest BCUT2D eigenvalue weighted by Gasteiger charge is 2.26. The summed E-state index contributed by atoms with van der Waals surface area (Å²) < 4.78 is 2.33. The third-order valence-electron chi connectivity index (χ3n) is 4.99. The van der Waals surface area contributed by atoms with Gasteiger partial charge in [0.25, 0.3) is 0 Å². The number of aromatic nitrogens is 1. The highest BCUT2D eigenvalue weighted by Crippen LogP contribution is 2.25. The molecule has 0 aliphatic carbocycles. The van der Waals surface area contributed by atoms with E-state index >= 15 is 0 Å². The van der Waals surface area contributed by atoms with E-state index in [9.17, 15) is 0 Å². The zero-order valence-corrected chi connectivity index (χ0v) is 18.7. The molecule has 0 amide bonds. The molecule has 0 aliphatic heterocycles. The minimum Gasteiger partial charge on any atom is -0.201 e. The molecule has 0 unspecified atom stereocenters. The second-order valence-electron chi connectivity index (χ2n) is 9.29. The van der Waals surface area contributed by atoms with Crippen LogP contribution in [0.25, 0.3) is 11.3 Å². The summed E-state index contributed by atoms with van der Waals surface area (Å²) in [7, 11) is 0.806. The van der Waals surface area contributed by atoms with E-state index in [4.69, 9.17) is 0 Å². The number of nitrogens with zero attached hydrogens (tertiary/aromatic N) is 1. The highest BCUT2D eigenvalue weighted by molar-refractivity contribution is 6.89. The summed E-state index contributed by atoms with van der Waals surface area (Å²) in [6, 6.07) is 9.46. The lowest BCUT2D eigenvalue weighted by Crippen LogP contribution is -2.45. The van der Waals surface area contributed by atoms with E-state index in [1.54, 1.807) is 5.19 Å². The number of benzene rings is 1. The van der Waals surface area contributed by atoms with E-state index in [1.165, 1.54) is 34.4 Å². The minimum atomic E-state index is -1.39. The van der Waals surface area contributed by atoms with Crippen LogP contribution in [0.3, 0.4) is 0 Å². The van der Waals surface area contributed by atoms with Gasteiger partial charge in [-0.15, -0.1) is 0 Å². The molecule has 0 fully saturated rings. The van der Waals surface area contributed by atoms with Gasteiger partial charge in [-0.25, -0.2) is 4.57 Å². The maximum absolute atomic E-state index is 2.49. The molecule has 2 aromatic rings. The maximum atomic E-state index is 2.49. The Balaban J connectivity index is 2.63. The molecule has 0 bridgehead atoms. The van der Waals surface area contributed by atoms with E-state index < -0.39 is 8.07 Å². The van der Waals surface area contributed by atoms with E-state index in [0.717, 1.165) is 0 Å². The molecule has 0 N–H and O–H groups in total. The van der Waals surface area contributed by atoms with Crippen LogP contribution >= 0.6 is 0 Å². The largest absolute Gasteiger partial charge is 0.212 e. The molecular weight excluding hydrogens is 318 g/mol. The lowest BCUT2D eigenvalue weighted by Gasteiger charge is -2.22. The van der Waals surface area contributed by atoms with Crippen molar-refractivity contribution < 1.29 is 4.57 Å². The molecule has 0 radical (unpaired) electrons. The Morgan fingerprint density at radius 3 is 2.12 bits per heavy atom. The predicted octanol–water partition coefficient (Wildman–Crippen LogP) is 5.35. The fourth-order valence-electron chi connectivity index (χ4n) is 3.61. The maximum Gasteiger partial charge on any atom is 0.212 e. The van der Waals surface area contributed by atoms with Gasteiger partial charge < -0.3 is 0 Å². The van der Waals surface area contributed by atoms with Crippen molar-refractivity contribution in [3.05, 3.63) is 47.2 Å². The first-order chi connectivity index (χ1) is 11.5. The molecule has 1 heterocycles. The Hall–Kier alpha value is -1.41. The van der Waals surface area contributed by atoms with Crippen molar-refractivity contribution in [2.24, 2.45) is 13.0 Å². The molecule has 1 nitrogen and oxygen atoms in total. The quantitative estimate of drug-likeness (QED) is 0.503. The molecule has 0 atom stereocenters. The zero-order valence-electron chi connectivity index (χ0n) is 17.7. The summed E-state index contributed by atoms with van der Waals surface area (Å²) in [6.45, 7) is 18.8. The van der Waals surface area contributed by atoms with Gasteiger partial charge in [-0.3, -0.25) is 0 Å². The van der Waals surface area contributed by atoms with Gasteiger partial charge in [0.2, 0.25) is 5.69 Å². The second kappa shape index (κ2) is 7.45. The molecule has 0 saturated heterocycles. The zero-order chi connectivity index (χ0) is 18.9. The van der Waals surface area contributed by atoms with Gasteiger partial charge in [0.1, 0.15) is 7.05 Å². The summed E-state index contributed by atoms with van der Waals surface area (Å²) in [4.78, 5) is 0. The molecule has 1 aromatic carbocycles. The van der Waals surface area contributed by atoms with Gasteiger partial charge >= 0.3 is 0 Å². The average molecular weight is 355 g/mol. The average Bonchev–Trinajstić information content (AvgIpc) is 2.45. The third kappa shape index (κ3) is 4.61. The molecule has 0 spiro atoms. The van der Waals surface area contributed by atoms with E-state index in [1.807, 2.05) is 0 Å². The number of hydrogen-bond donors (Lipinski definition) is 0. The van der Waals surface area contributed by atoms with Crippen molar-refractivity contribution in [1.82, 2.24) is 0 Å². The van der Waals surface area contributed by atoms with Crippen molar-refractivity contribution in [3.63, 3.8) is 0 Å². The lowest BCUT2D eigenvalue weighted by molar-refractivity contribution is -0.660. The fraction of sp³-hybridized carbons (Fsp3) is 0.522. The van der Waals surface area contributed by atoms with Gasteiger partial charge in [-0.2, -0.15) is 0 Å². The highest BCUT2D eigenvalue weighted by atomic mass is 28.3. The predicted molar refractivity (Wildman–Crippen MR) is 113 cm³/mol. The van der Waals surface area contributed by atoms with Gasteiger partial charge in [-0.1, -0.05) is 59.5 Å². The molecule has 1 aromatic heterocycles. The number of rotatable bonds is 5. The first kappa shape index (κ1) is 19.9. The molecular formula is C23H36NSi+. The SMILES string of the molecule is Cc1cc(C(C)C)ccc1-c1cc([Si](C)(C)C)c(CC(C)C)c[n+]1C. The van der Waals surface area contributed by atoms with Crippen molar-refractivity contribution in [2.45, 2.75) is 66.6 Å². The van der Waals surface area contributed by atoms with Gasteiger partial charge in [0.05, 0.1) is 8.07 Å². The van der Waals surface area contributed by atoms with Crippen molar-refractivity contribution in [1.29, 1.82) is 0 Å². The van der Waals surface area contributed by atoms with Crippen LogP contribution in [0.4, 0.5) is 0 Å². The van der Waals surface area contributed by atoms with Crippen molar-refractivity contribution in [2.75, 3.05) is 0 Å². The van der Waals surface area contributed by atoms with Crippen LogP contribution in [-0.2, 0) is 13.5 Å². The number of hydrogen-bond acceptors (Lipinski definition) is 0. The smallest absolute Gasteiger partial charge is 0.201 e. The van der Waals surface area contributed by atoms with Crippen LogP contribution in [0.15, 0.2) is 30.5 Å². The molecule has 0 aliphatic rings. The van der Waals surface area contributed by atoms with Gasteiger partial charge in [-0.05, 0) is 47.6 Å². The van der Waals surface area contributed by atoms with E-state index in [0.29, 0.717) is 11.8 Å². The van der Waals surface area contributed by atoms with Crippen LogP contribution < -0.4 is 9.75 Å². The van der Waals surface area contributed by atoms with Crippen LogP contribution in [0, 0.1) is 12.8 Å². The number of aryl methyl sites for hydroxylation is 2. The third-order valence-corrected chi connectivity index (χ3v) is 7.07. The Morgan fingerprint density at radius 1 is 1.00 bits per heavy atom. The normalized spacial score (nSPS) is 12.3.